The number of carboxylic acid groups (broad SMARTS) is 2. The number of ketones is 1. The molecule has 4 fully saturated rings. The number of hydrogen-bond donors (Lipinski definition) is 16. The van der Waals surface area contributed by atoms with Crippen LogP contribution in [0.15, 0.2) is 85.2 Å². The number of carbonyl (C=O) groups is 18. The molecule has 40 nitrogen and oxygen atoms in total. The second-order valence-corrected chi connectivity index (χ2v) is 35.7. The first-order valence-corrected chi connectivity index (χ1v) is 46.0. The number of Topliss-reactive ketones (excluding diaryl/α,β-unsaturated/α-hetero) is 1. The molecule has 6 heterocycles. The largest absolute Gasteiger partial charge is 0.481 e. The predicted octanol–water partition coefficient (Wildman–Crippen LogP) is 0.129. The number of aryl methyl sites for hydroxylation is 1. The van der Waals surface area contributed by atoms with E-state index in [1.165, 1.54) is 29.8 Å². The molecule has 0 bridgehead atoms. The Bertz CT molecular complexity index is 5040. The van der Waals surface area contributed by atoms with Crippen LogP contribution in [0, 0.1) is 18.8 Å². The number of nitrogens with two attached hydrogens (primary N) is 4. The number of nitrogens with one attached hydrogen (secondary N) is 9. The number of fused-ring (bicyclic) bond motifs is 5. The standard InChI is InChI=1S/C93H131N19O21/c1-8-10-24-71-86(126)102-63(34-35-79(117)118)83(123)100-62(81(97)121)23-18-29-78(116)99-66(41-54-32-30-53(5)31-33-54)90(130)110-38-17-16-27-72(110)87(127)105-68(46-77(96)115)91(131)111-39-19-28-73(111)88(128)106-69(47-95)85(125)103-65(40-52(3)4)92(132)112-50-58(113)45-75(112)76(114)44-55(42-56-48-98-61-22-14-12-20-59(56)61)82(122)101-64(36-37-94)84(124)104-67(89(129)108(7)74(25-11-9-2)93(133)107(71)6)43-57-49-109(51-80(119)120)70-26-15-13-21-60(57)70/h12-15,20-22,26,30-33,48-49,52,55,58,62-69,71-75,98,113H,8-11,16-19,23-25,27-29,34-47,50-51,94-95H2,1-7H3,(H2,96,115)(H2,97,121)(H,99,116)(H,100,123)(H,101,122)(H,102,126)(H,103,125)(H,104,124)(H,105,127)(H,106,128)(H,117,118)(H,119,120)/t55-,58-,62+,63+,64+,65+,66+,67+,68+,69+,71+,72+,73+,74+,75+/m1/s1. The molecule has 15 atom stereocenters. The normalized spacial score (nSPS) is 25.6. The average Bonchev–Trinajstić information content (AvgIpc) is 1.62. The van der Waals surface area contributed by atoms with Crippen molar-refractivity contribution < 1.29 is 102 Å². The molecule has 4 saturated heterocycles. The van der Waals surface area contributed by atoms with E-state index < -0.39 is 249 Å². The number of aliphatic carboxylic acids is 2. The highest BCUT2D eigenvalue weighted by atomic mass is 16.4. The molecular weight excluding hydrogens is 1720 g/mol. The number of benzene rings is 3. The van der Waals surface area contributed by atoms with Gasteiger partial charge in [-0.05, 0) is 132 Å². The van der Waals surface area contributed by atoms with E-state index in [9.17, 15) is 63.3 Å². The van der Waals surface area contributed by atoms with Crippen molar-refractivity contribution in [3.05, 3.63) is 107 Å². The van der Waals surface area contributed by atoms with Crippen LogP contribution < -0.4 is 65.5 Å². The number of primary amides is 2. The molecular formula is C93H131N19O21. The molecule has 3 aromatic carbocycles. The van der Waals surface area contributed by atoms with Gasteiger partial charge in [0.25, 0.3) is 0 Å². The third-order valence-corrected chi connectivity index (χ3v) is 25.2. The first kappa shape index (κ1) is 104. The number of unbranched alkanes of at least 4 members (excludes halogenated alkanes) is 2. The fourth-order valence-corrected chi connectivity index (χ4v) is 18.1. The lowest BCUT2D eigenvalue weighted by atomic mass is 9.90. The zero-order valence-electron chi connectivity index (χ0n) is 76.7. The van der Waals surface area contributed by atoms with Gasteiger partial charge in [0.05, 0.1) is 18.6 Å². The highest BCUT2D eigenvalue weighted by Crippen LogP contribution is 2.31. The molecule has 2 aromatic heterocycles. The molecule has 5 aromatic rings. The third-order valence-electron chi connectivity index (χ3n) is 25.2. The highest BCUT2D eigenvalue weighted by Gasteiger charge is 2.47. The molecule has 4 aliphatic rings. The van der Waals surface area contributed by atoms with Gasteiger partial charge in [-0.25, -0.2) is 0 Å². The summed E-state index contributed by atoms with van der Waals surface area (Å²) in [5.74, 6) is -18.6. The number of aromatic amines is 1. The Labute approximate surface area is 771 Å². The third kappa shape index (κ3) is 28.2. The fraction of sp³-hybridized carbons (Fsp3) is 0.570. The summed E-state index contributed by atoms with van der Waals surface area (Å²) in [6.45, 7) is 7.12. The van der Waals surface area contributed by atoms with Gasteiger partial charge in [0, 0.05) is 119 Å². The number of nitrogens with zero attached hydrogens (tertiary/aromatic N) is 6. The summed E-state index contributed by atoms with van der Waals surface area (Å²) in [6.07, 6.45) is -0.590. The molecule has 4 aliphatic heterocycles. The van der Waals surface area contributed by atoms with Crippen LogP contribution in [0.2, 0.25) is 0 Å². The molecule has 9 rings (SSSR count). The molecule has 0 aliphatic carbocycles. The van der Waals surface area contributed by atoms with E-state index >= 15 is 38.4 Å². The van der Waals surface area contributed by atoms with Crippen molar-refractivity contribution in [3.63, 3.8) is 0 Å². The van der Waals surface area contributed by atoms with Gasteiger partial charge in [-0.1, -0.05) is 120 Å². The van der Waals surface area contributed by atoms with E-state index in [0.717, 1.165) is 25.2 Å². The number of carboxylic acids is 2. The summed E-state index contributed by atoms with van der Waals surface area (Å²) in [5, 5.41) is 54.2. The van der Waals surface area contributed by atoms with Crippen LogP contribution in [0.5, 0.6) is 0 Å². The van der Waals surface area contributed by atoms with Gasteiger partial charge >= 0.3 is 11.9 Å². The Morgan fingerprint density at radius 2 is 1.08 bits per heavy atom. The summed E-state index contributed by atoms with van der Waals surface area (Å²) in [6, 6.07) is 1.28. The number of likely N-dealkylation sites (N-methyl/N-ethyl adjacent to an activating group) is 2. The van der Waals surface area contributed by atoms with E-state index in [1.54, 1.807) is 92.8 Å². The van der Waals surface area contributed by atoms with Crippen molar-refractivity contribution in [1.29, 1.82) is 0 Å². The molecule has 40 heteroatoms. The Balaban J connectivity index is 1.10. The topological polar surface area (TPSA) is 605 Å². The first-order valence-electron chi connectivity index (χ1n) is 46.0. The number of carbonyl (C=O) groups excluding carboxylic acids is 16. The van der Waals surface area contributed by atoms with E-state index in [4.69, 9.17) is 22.9 Å². The van der Waals surface area contributed by atoms with Crippen LogP contribution in [0.3, 0.4) is 0 Å². The van der Waals surface area contributed by atoms with E-state index in [0.29, 0.717) is 77.0 Å². The number of amides is 15. The van der Waals surface area contributed by atoms with E-state index in [-0.39, 0.29) is 109 Å². The Hall–Kier alpha value is -12.7. The summed E-state index contributed by atoms with van der Waals surface area (Å²) < 4.78 is 1.44. The summed E-state index contributed by atoms with van der Waals surface area (Å²) in [5.41, 5.74) is 27.6. The van der Waals surface area contributed by atoms with Crippen molar-refractivity contribution in [2.75, 3.05) is 46.8 Å². The van der Waals surface area contributed by atoms with Crippen molar-refractivity contribution >= 4 is 128 Å². The minimum Gasteiger partial charge on any atom is -0.481 e. The minimum atomic E-state index is -1.72. The van der Waals surface area contributed by atoms with Crippen LogP contribution in [0.4, 0.5) is 0 Å². The summed E-state index contributed by atoms with van der Waals surface area (Å²) >= 11 is 0. The lowest BCUT2D eigenvalue weighted by Crippen LogP contribution is -2.62. The molecule has 0 unspecified atom stereocenters. The number of para-hydroxylation sites is 2. The van der Waals surface area contributed by atoms with Crippen LogP contribution in [-0.4, -0.2) is 287 Å². The highest BCUT2D eigenvalue weighted by molar-refractivity contribution is 6.02. The number of piperidine rings is 1. The van der Waals surface area contributed by atoms with Crippen molar-refractivity contribution in [2.45, 2.75) is 280 Å². The second kappa shape index (κ2) is 49.1. The molecule has 15 amide bonds. The Kier molecular flexibility index (Phi) is 38.4. The van der Waals surface area contributed by atoms with Crippen LogP contribution in [-0.2, 0) is 112 Å². The maximum atomic E-state index is 15.9. The number of aromatic nitrogens is 2. The van der Waals surface area contributed by atoms with Gasteiger partial charge in [-0.3, -0.25) is 86.3 Å². The predicted molar refractivity (Wildman–Crippen MR) is 487 cm³/mol. The minimum absolute atomic E-state index is 0.0124. The van der Waals surface area contributed by atoms with Gasteiger partial charge in [0.1, 0.15) is 79.0 Å². The van der Waals surface area contributed by atoms with Gasteiger partial charge in [0.15, 0.2) is 5.78 Å². The van der Waals surface area contributed by atoms with Crippen molar-refractivity contribution in [2.24, 2.45) is 34.8 Å². The number of hydrogen-bond acceptors (Lipinski definition) is 21. The number of rotatable bonds is 25. The van der Waals surface area contributed by atoms with Gasteiger partial charge in [-0.15, -0.1) is 0 Å². The monoisotopic (exact) mass is 1850 g/mol. The van der Waals surface area contributed by atoms with Gasteiger partial charge < -0.3 is 115 Å². The number of aliphatic hydroxyl groups is 1. The first-order chi connectivity index (χ1) is 63.3. The van der Waals surface area contributed by atoms with Crippen LogP contribution in [0.1, 0.15) is 185 Å². The van der Waals surface area contributed by atoms with Crippen LogP contribution in [0.25, 0.3) is 21.8 Å². The quantitative estimate of drug-likeness (QED) is 0.0369. The Morgan fingerprint density at radius 3 is 1.72 bits per heavy atom. The summed E-state index contributed by atoms with van der Waals surface area (Å²) in [4.78, 5) is 271. The molecule has 0 spiro atoms. The van der Waals surface area contributed by atoms with E-state index in [2.05, 4.69) is 47.5 Å². The molecule has 133 heavy (non-hydrogen) atoms. The van der Waals surface area contributed by atoms with Crippen molar-refractivity contribution in [1.82, 2.24) is 76.6 Å². The zero-order chi connectivity index (χ0) is 97.2. The maximum Gasteiger partial charge on any atom is 0.323 e. The van der Waals surface area contributed by atoms with E-state index in [1.807, 2.05) is 20.8 Å². The lowest BCUT2D eigenvalue weighted by Gasteiger charge is -2.38. The SMILES string of the molecule is CCCC[C@H]1C(=O)N(C)[C@@H](CCCC)C(=O)N[C@@H](CCC(=O)O)C(=O)N[C@H](C(N)=O)CCCC(=O)N[C@@H](Cc2ccc(C)cc2)C(=O)N2CCCC[C@H]2C(=O)N[C@@H](CC(N)=O)C(=O)N2CCC[C@H]2C(=O)N[C@@H](CN)C(=O)N[C@@H](CC(C)C)C(=O)N2C[C@H](O)C[C@H]2C(=O)C[C@@H](Cc2c[nH]c3ccccc23)C(=O)N[C@@H](CCN)C(=O)N[C@@H](Cc2cn(CC(=O)O)c3ccccc23)C(=O)N1C. The average molecular weight is 1850 g/mol. The summed E-state index contributed by atoms with van der Waals surface area (Å²) in [7, 11) is 2.63. The molecule has 724 valence electrons. The van der Waals surface area contributed by atoms with Crippen molar-refractivity contribution in [3.8, 4) is 0 Å². The number of aliphatic hydroxyl groups excluding tert-OH is 1. The number of H-pyrrole nitrogens is 1. The van der Waals surface area contributed by atoms with Gasteiger partial charge in [0.2, 0.25) is 88.6 Å². The smallest absolute Gasteiger partial charge is 0.323 e. The maximum absolute atomic E-state index is 15.9. The zero-order valence-corrected chi connectivity index (χ0v) is 76.7. The molecule has 0 saturated carbocycles. The lowest BCUT2D eigenvalue weighted by molar-refractivity contribution is -0.149. The van der Waals surface area contributed by atoms with Gasteiger partial charge in [-0.2, -0.15) is 0 Å². The molecule has 0 radical (unpaired) electrons. The molecule has 20 N–H and O–H groups in total. The second-order valence-electron chi connectivity index (χ2n) is 35.7. The Morgan fingerprint density at radius 1 is 0.519 bits per heavy atom. The van der Waals surface area contributed by atoms with Crippen LogP contribution >= 0.6 is 0 Å². The fourth-order valence-electron chi connectivity index (χ4n) is 18.1.